The number of carbonyl (C=O) groups excluding carboxylic acids is 2. The molecule has 0 atom stereocenters. The Hall–Kier alpha value is -4.28. The molecule has 0 aliphatic carbocycles. The number of carbonyl (C=O) groups is 2. The molecule has 0 unspecified atom stereocenters. The minimum atomic E-state index is -0.496. The van der Waals surface area contributed by atoms with Crippen LogP contribution in [-0.4, -0.2) is 77.8 Å². The van der Waals surface area contributed by atoms with Crippen LogP contribution >= 0.6 is 0 Å². The zero-order valence-corrected chi connectivity index (χ0v) is 23.7. The maximum atomic E-state index is 12.6. The summed E-state index contributed by atoms with van der Waals surface area (Å²) in [5, 5.41) is 6.00. The van der Waals surface area contributed by atoms with Crippen LogP contribution in [0.25, 0.3) is 11.4 Å². The molecule has 2 aliphatic rings. The molecule has 2 saturated heterocycles. The van der Waals surface area contributed by atoms with Crippen LogP contribution in [0, 0.1) is 5.41 Å². The highest BCUT2D eigenvalue weighted by Crippen LogP contribution is 2.47. The lowest BCUT2D eigenvalue weighted by Crippen LogP contribution is -2.61. The van der Waals surface area contributed by atoms with Crippen molar-refractivity contribution in [2.75, 3.05) is 50.6 Å². The van der Waals surface area contributed by atoms with Gasteiger partial charge in [-0.2, -0.15) is 0 Å². The van der Waals surface area contributed by atoms with Crippen LogP contribution in [0.15, 0.2) is 42.9 Å². The van der Waals surface area contributed by atoms with Crippen LogP contribution in [0.2, 0.25) is 0 Å². The first-order valence-corrected chi connectivity index (χ1v) is 13.5. The van der Waals surface area contributed by atoms with Gasteiger partial charge in [0.15, 0.2) is 11.6 Å². The van der Waals surface area contributed by atoms with Gasteiger partial charge in [-0.15, -0.1) is 0 Å². The fraction of sp³-hybridized carbons (Fsp3) is 0.448. The number of amides is 2. The molecule has 5 heterocycles. The predicted octanol–water partition coefficient (Wildman–Crippen LogP) is 4.42. The van der Waals surface area contributed by atoms with Gasteiger partial charge in [-0.1, -0.05) is 0 Å². The Morgan fingerprint density at radius 1 is 1.12 bits per heavy atom. The van der Waals surface area contributed by atoms with Gasteiger partial charge >= 0.3 is 6.09 Å². The van der Waals surface area contributed by atoms with Crippen molar-refractivity contribution in [1.29, 1.82) is 0 Å². The molecule has 3 N–H and O–H groups in total. The predicted molar refractivity (Wildman–Crippen MR) is 153 cm³/mol. The van der Waals surface area contributed by atoms with Crippen LogP contribution in [0.5, 0.6) is 5.75 Å². The number of aromatic nitrogens is 3. The average molecular weight is 548 g/mol. The van der Waals surface area contributed by atoms with Crippen molar-refractivity contribution in [3.05, 3.63) is 48.4 Å². The molecule has 0 radical (unpaired) electrons. The van der Waals surface area contributed by atoms with Gasteiger partial charge in [0, 0.05) is 57.2 Å². The van der Waals surface area contributed by atoms with Crippen LogP contribution in [0.3, 0.4) is 0 Å². The first kappa shape index (κ1) is 27.3. The van der Waals surface area contributed by atoms with E-state index >= 15 is 0 Å². The molecule has 2 aliphatic heterocycles. The molecule has 1 spiro atoms. The summed E-state index contributed by atoms with van der Waals surface area (Å²) in [5.41, 5.74) is 3.08. The lowest BCUT2D eigenvalue weighted by Gasteiger charge is -2.55. The van der Waals surface area contributed by atoms with E-state index in [1.165, 1.54) is 0 Å². The SMILES string of the molecule is CNC(=O)c1cnc(-c2ccc[nH]2)cc1Nc1nccc(N2CC3(CCN(C(=O)OC(C)(C)C)CC3)C2)c1OC. The van der Waals surface area contributed by atoms with Gasteiger partial charge in [-0.25, -0.2) is 9.78 Å². The van der Waals surface area contributed by atoms with Crippen LogP contribution in [0.1, 0.15) is 44.0 Å². The van der Waals surface area contributed by atoms with E-state index in [-0.39, 0.29) is 17.4 Å². The minimum Gasteiger partial charge on any atom is -0.491 e. The number of rotatable bonds is 6. The molecule has 5 rings (SSSR count). The topological polar surface area (TPSA) is 125 Å². The number of ether oxygens (including phenoxy) is 2. The van der Waals surface area contributed by atoms with E-state index in [1.807, 2.05) is 56.1 Å². The van der Waals surface area contributed by atoms with E-state index < -0.39 is 5.60 Å². The lowest BCUT2D eigenvalue weighted by atomic mass is 9.72. The first-order valence-electron chi connectivity index (χ1n) is 13.5. The Morgan fingerprint density at radius 3 is 2.50 bits per heavy atom. The highest BCUT2D eigenvalue weighted by atomic mass is 16.6. The maximum absolute atomic E-state index is 12.6. The molecule has 3 aromatic heterocycles. The summed E-state index contributed by atoms with van der Waals surface area (Å²) < 4.78 is 11.4. The molecular formula is C29H37N7O4. The van der Waals surface area contributed by atoms with Crippen molar-refractivity contribution in [1.82, 2.24) is 25.2 Å². The Balaban J connectivity index is 1.32. The number of pyridine rings is 2. The lowest BCUT2D eigenvalue weighted by molar-refractivity contribution is 0.00594. The summed E-state index contributed by atoms with van der Waals surface area (Å²) in [6.45, 7) is 8.78. The van der Waals surface area contributed by atoms with Crippen molar-refractivity contribution in [2.24, 2.45) is 5.41 Å². The van der Waals surface area contributed by atoms with Gasteiger partial charge in [-0.05, 0) is 57.9 Å². The van der Waals surface area contributed by atoms with Gasteiger partial charge < -0.3 is 34.9 Å². The Morgan fingerprint density at radius 2 is 1.88 bits per heavy atom. The summed E-state index contributed by atoms with van der Waals surface area (Å²) in [7, 11) is 3.21. The number of anilines is 3. The molecule has 2 fully saturated rings. The van der Waals surface area contributed by atoms with Crippen molar-refractivity contribution < 1.29 is 19.1 Å². The second kappa shape index (κ2) is 10.7. The summed E-state index contributed by atoms with van der Waals surface area (Å²) in [6.07, 6.45) is 6.73. The highest BCUT2D eigenvalue weighted by molar-refractivity contribution is 6.00. The van der Waals surface area contributed by atoms with E-state index in [1.54, 1.807) is 26.6 Å². The zero-order chi connectivity index (χ0) is 28.5. The normalized spacial score (nSPS) is 16.3. The molecule has 2 amide bonds. The third-order valence-corrected chi connectivity index (χ3v) is 7.46. The summed E-state index contributed by atoms with van der Waals surface area (Å²) >= 11 is 0. The molecular weight excluding hydrogens is 510 g/mol. The molecule has 3 aromatic rings. The van der Waals surface area contributed by atoms with E-state index in [9.17, 15) is 9.59 Å². The van der Waals surface area contributed by atoms with Crippen LogP contribution < -0.4 is 20.3 Å². The quantitative estimate of drug-likeness (QED) is 0.414. The monoisotopic (exact) mass is 547 g/mol. The second-order valence-electron chi connectivity index (χ2n) is 11.4. The summed E-state index contributed by atoms with van der Waals surface area (Å²) in [4.78, 5) is 41.4. The number of hydrogen-bond donors (Lipinski definition) is 3. The maximum Gasteiger partial charge on any atom is 0.410 e. The van der Waals surface area contributed by atoms with Crippen LogP contribution in [-0.2, 0) is 4.74 Å². The van der Waals surface area contributed by atoms with E-state index in [2.05, 4.69) is 30.5 Å². The summed E-state index contributed by atoms with van der Waals surface area (Å²) in [5.74, 6) is 0.852. The van der Waals surface area contributed by atoms with Crippen molar-refractivity contribution in [3.8, 4) is 17.1 Å². The first-order chi connectivity index (χ1) is 19.1. The zero-order valence-electron chi connectivity index (χ0n) is 23.7. The van der Waals surface area contributed by atoms with E-state index in [0.29, 0.717) is 41.6 Å². The Bertz CT molecular complexity index is 1370. The molecule has 0 aromatic carbocycles. The number of H-pyrrole nitrogens is 1. The fourth-order valence-corrected chi connectivity index (χ4v) is 5.36. The minimum absolute atomic E-state index is 0.156. The van der Waals surface area contributed by atoms with Crippen molar-refractivity contribution in [3.63, 3.8) is 0 Å². The Labute approximate surface area is 234 Å². The highest BCUT2D eigenvalue weighted by Gasteiger charge is 2.46. The van der Waals surface area contributed by atoms with Crippen molar-refractivity contribution >= 4 is 29.2 Å². The average Bonchev–Trinajstić information content (AvgIpc) is 3.45. The smallest absolute Gasteiger partial charge is 0.410 e. The number of nitrogens with one attached hydrogen (secondary N) is 3. The van der Waals surface area contributed by atoms with Gasteiger partial charge in [-0.3, -0.25) is 9.78 Å². The van der Waals surface area contributed by atoms with Gasteiger partial charge in [0.1, 0.15) is 5.60 Å². The van der Waals surface area contributed by atoms with E-state index in [4.69, 9.17) is 9.47 Å². The Kier molecular flexibility index (Phi) is 7.31. The largest absolute Gasteiger partial charge is 0.491 e. The number of aromatic amines is 1. The molecule has 0 saturated carbocycles. The van der Waals surface area contributed by atoms with Crippen molar-refractivity contribution in [2.45, 2.75) is 39.2 Å². The molecule has 0 bridgehead atoms. The van der Waals surface area contributed by atoms with Gasteiger partial charge in [0.2, 0.25) is 0 Å². The molecule has 212 valence electrons. The standard InChI is InChI=1S/C29H37N7O4/c1-28(2,3)40-27(38)35-13-9-29(10-14-35)17-36(18-29)23-8-12-32-25(24(23)39-5)34-21-15-22(20-7-6-11-31-20)33-16-19(21)26(37)30-4/h6-8,11-12,15-16,31H,9-10,13-14,17-18H2,1-5H3,(H,30,37)(H,32,33,34). The summed E-state index contributed by atoms with van der Waals surface area (Å²) in [6, 6.07) is 7.58. The van der Waals surface area contributed by atoms with E-state index in [0.717, 1.165) is 37.3 Å². The second-order valence-corrected chi connectivity index (χ2v) is 11.4. The number of likely N-dealkylation sites (tertiary alicyclic amines) is 1. The van der Waals surface area contributed by atoms with Gasteiger partial charge in [0.25, 0.3) is 5.91 Å². The van der Waals surface area contributed by atoms with Crippen LogP contribution in [0.4, 0.5) is 22.0 Å². The number of nitrogens with zero attached hydrogens (tertiary/aromatic N) is 4. The third-order valence-electron chi connectivity index (χ3n) is 7.46. The fourth-order valence-electron chi connectivity index (χ4n) is 5.36. The van der Waals surface area contributed by atoms with Gasteiger partial charge in [0.05, 0.1) is 35.4 Å². The number of piperidine rings is 1. The molecule has 11 heteroatoms. The third kappa shape index (κ3) is 5.54. The molecule has 11 nitrogen and oxygen atoms in total. The number of hydrogen-bond acceptors (Lipinski definition) is 8. The number of methoxy groups -OCH3 is 1. The molecule has 40 heavy (non-hydrogen) atoms.